The lowest BCUT2D eigenvalue weighted by Gasteiger charge is -2.45. The van der Waals surface area contributed by atoms with Crippen LogP contribution in [-0.4, -0.2) is 37.1 Å². The van der Waals surface area contributed by atoms with Gasteiger partial charge in [0.15, 0.2) is 5.79 Å². The van der Waals surface area contributed by atoms with Gasteiger partial charge in [-0.15, -0.1) is 0 Å². The zero-order valence-electron chi connectivity index (χ0n) is 21.7. The van der Waals surface area contributed by atoms with Gasteiger partial charge < -0.3 is 19.5 Å². The summed E-state index contributed by atoms with van der Waals surface area (Å²) < 4.78 is 18.2. The second-order valence-electron chi connectivity index (χ2n) is 10.1. The molecule has 1 atom stereocenters. The van der Waals surface area contributed by atoms with Gasteiger partial charge in [0.25, 0.3) is 0 Å². The first-order valence-electron chi connectivity index (χ1n) is 13.1. The molecule has 1 aromatic carbocycles. The second kappa shape index (κ2) is 14.1. The van der Waals surface area contributed by atoms with Crippen LogP contribution in [0.3, 0.4) is 0 Å². The molecule has 1 fully saturated rings. The quantitative estimate of drug-likeness (QED) is 0.303. The molecule has 5 nitrogen and oxygen atoms in total. The number of hydrogen-bond acceptors (Lipinski definition) is 4. The lowest BCUT2D eigenvalue weighted by molar-refractivity contribution is -0.274. The molecule has 1 saturated heterocycles. The van der Waals surface area contributed by atoms with Gasteiger partial charge in [-0.3, -0.25) is 4.79 Å². The third-order valence-electron chi connectivity index (χ3n) is 6.40. The minimum atomic E-state index is -0.640. The Balaban J connectivity index is 2.05. The molecule has 0 saturated carbocycles. The summed E-state index contributed by atoms with van der Waals surface area (Å²) in [7, 11) is 0. The van der Waals surface area contributed by atoms with E-state index in [1.807, 2.05) is 13.8 Å². The molecular formula is C28H47NO4. The van der Waals surface area contributed by atoms with Crippen LogP contribution in [0.25, 0.3) is 0 Å². The molecule has 1 aromatic rings. The number of nitrogens with one attached hydrogen (secondary N) is 1. The van der Waals surface area contributed by atoms with Crippen LogP contribution in [0.1, 0.15) is 110 Å². The molecule has 33 heavy (non-hydrogen) atoms. The molecule has 1 aliphatic heterocycles. The van der Waals surface area contributed by atoms with Crippen molar-refractivity contribution in [1.29, 1.82) is 0 Å². The van der Waals surface area contributed by atoms with Gasteiger partial charge in [0.1, 0.15) is 0 Å². The Hall–Kier alpha value is -1.43. The van der Waals surface area contributed by atoms with Gasteiger partial charge in [0.05, 0.1) is 24.9 Å². The van der Waals surface area contributed by atoms with E-state index in [-0.39, 0.29) is 12.0 Å². The topological polar surface area (TPSA) is 56.8 Å². The number of carbonyl (C=O) groups excluding carboxylic acids is 1. The zero-order valence-corrected chi connectivity index (χ0v) is 21.7. The monoisotopic (exact) mass is 461 g/mol. The van der Waals surface area contributed by atoms with E-state index in [2.05, 4.69) is 43.4 Å². The van der Waals surface area contributed by atoms with Gasteiger partial charge in [-0.05, 0) is 44.2 Å². The standard InChI is InChI=1S/C28H47NO4/c1-6-8-10-11-12-13-14-24-15-17-25(18-16-24)26(31-19-9-7-2)20-28(29-23(3)30)21-32-27(4,5)33-22-28/h15-18,26H,6-14,19-22H2,1-5H3,(H,29,30). The second-order valence-corrected chi connectivity index (χ2v) is 10.1. The minimum Gasteiger partial charge on any atom is -0.373 e. The fourth-order valence-corrected chi connectivity index (χ4v) is 4.33. The van der Waals surface area contributed by atoms with Crippen LogP contribution in [0, 0.1) is 0 Å². The van der Waals surface area contributed by atoms with Crippen molar-refractivity contribution < 1.29 is 19.0 Å². The van der Waals surface area contributed by atoms with Gasteiger partial charge in [0.2, 0.25) is 5.91 Å². The summed E-state index contributed by atoms with van der Waals surface area (Å²) in [6.45, 7) is 11.3. The Bertz CT molecular complexity index is 676. The van der Waals surface area contributed by atoms with Crippen molar-refractivity contribution in [3.05, 3.63) is 35.4 Å². The molecule has 1 aliphatic rings. The first kappa shape index (κ1) is 27.8. The fraction of sp³-hybridized carbons (Fsp3) is 0.750. The Morgan fingerprint density at radius 3 is 2.18 bits per heavy atom. The van der Waals surface area contributed by atoms with Gasteiger partial charge in [-0.1, -0.05) is 76.6 Å². The normalized spacial score (nSPS) is 18.1. The van der Waals surface area contributed by atoms with Crippen molar-refractivity contribution >= 4 is 5.91 Å². The Labute approximate surface area is 202 Å². The molecule has 5 heteroatoms. The average Bonchev–Trinajstić information content (AvgIpc) is 2.78. The molecule has 0 spiro atoms. The number of unbranched alkanes of at least 4 members (excludes halogenated alkanes) is 6. The SMILES string of the molecule is CCCCCCCCc1ccc(C(CC2(NC(C)=O)COC(C)(C)OC2)OCCCC)cc1. The highest BCUT2D eigenvalue weighted by Gasteiger charge is 2.42. The highest BCUT2D eigenvalue weighted by Crippen LogP contribution is 2.33. The first-order chi connectivity index (χ1) is 15.8. The van der Waals surface area contributed by atoms with E-state index in [1.165, 1.54) is 44.1 Å². The van der Waals surface area contributed by atoms with E-state index >= 15 is 0 Å². The van der Waals surface area contributed by atoms with E-state index in [0.29, 0.717) is 26.2 Å². The summed E-state index contributed by atoms with van der Waals surface area (Å²) in [6.07, 6.45) is 11.6. The van der Waals surface area contributed by atoms with Crippen molar-refractivity contribution in [1.82, 2.24) is 5.32 Å². The maximum Gasteiger partial charge on any atom is 0.217 e. The van der Waals surface area contributed by atoms with Crippen molar-refractivity contribution in [3.63, 3.8) is 0 Å². The van der Waals surface area contributed by atoms with Gasteiger partial charge in [-0.2, -0.15) is 0 Å². The Kier molecular flexibility index (Phi) is 11.9. The highest BCUT2D eigenvalue weighted by molar-refractivity contribution is 5.73. The van der Waals surface area contributed by atoms with E-state index in [0.717, 1.165) is 24.8 Å². The molecule has 0 aliphatic carbocycles. The lowest BCUT2D eigenvalue weighted by Crippen LogP contribution is -2.61. The van der Waals surface area contributed by atoms with Crippen molar-refractivity contribution in [2.75, 3.05) is 19.8 Å². The summed E-state index contributed by atoms with van der Waals surface area (Å²) in [5, 5.41) is 3.11. The number of ether oxygens (including phenoxy) is 3. The molecule has 0 bridgehead atoms. The van der Waals surface area contributed by atoms with Crippen LogP contribution in [0.15, 0.2) is 24.3 Å². The van der Waals surface area contributed by atoms with Crippen LogP contribution < -0.4 is 5.32 Å². The summed E-state index contributed by atoms with van der Waals surface area (Å²) in [5.41, 5.74) is 1.92. The maximum absolute atomic E-state index is 12.0. The minimum absolute atomic E-state index is 0.0801. The lowest BCUT2D eigenvalue weighted by atomic mass is 9.88. The predicted octanol–water partition coefficient (Wildman–Crippen LogP) is 6.50. The number of aryl methyl sites for hydroxylation is 1. The molecule has 1 heterocycles. The van der Waals surface area contributed by atoms with E-state index in [9.17, 15) is 4.79 Å². The number of hydrogen-bond donors (Lipinski definition) is 1. The highest BCUT2D eigenvalue weighted by atomic mass is 16.7. The van der Waals surface area contributed by atoms with E-state index < -0.39 is 11.3 Å². The summed E-state index contributed by atoms with van der Waals surface area (Å²) in [6, 6.07) is 8.86. The Morgan fingerprint density at radius 1 is 0.970 bits per heavy atom. The van der Waals surface area contributed by atoms with Gasteiger partial charge in [-0.25, -0.2) is 0 Å². The van der Waals surface area contributed by atoms with Crippen LogP contribution in [-0.2, 0) is 25.4 Å². The van der Waals surface area contributed by atoms with Crippen LogP contribution in [0.2, 0.25) is 0 Å². The fourth-order valence-electron chi connectivity index (χ4n) is 4.33. The molecule has 2 rings (SSSR count). The smallest absolute Gasteiger partial charge is 0.217 e. The van der Waals surface area contributed by atoms with Crippen LogP contribution in [0.4, 0.5) is 0 Å². The molecular weight excluding hydrogens is 414 g/mol. The van der Waals surface area contributed by atoms with E-state index in [4.69, 9.17) is 14.2 Å². The van der Waals surface area contributed by atoms with Crippen molar-refractivity contribution in [2.45, 2.75) is 116 Å². The number of benzene rings is 1. The molecule has 1 unspecified atom stereocenters. The molecule has 0 radical (unpaired) electrons. The van der Waals surface area contributed by atoms with Gasteiger partial charge in [0, 0.05) is 20.0 Å². The molecule has 1 N–H and O–H groups in total. The summed E-state index contributed by atoms with van der Waals surface area (Å²) in [4.78, 5) is 12.0. The third kappa shape index (κ3) is 10.2. The zero-order chi connectivity index (χ0) is 24.2. The Morgan fingerprint density at radius 2 is 1.58 bits per heavy atom. The molecule has 0 aromatic heterocycles. The van der Waals surface area contributed by atoms with Crippen molar-refractivity contribution in [3.8, 4) is 0 Å². The number of carbonyl (C=O) groups is 1. The van der Waals surface area contributed by atoms with Gasteiger partial charge >= 0.3 is 0 Å². The van der Waals surface area contributed by atoms with E-state index in [1.54, 1.807) is 6.92 Å². The average molecular weight is 462 g/mol. The molecule has 188 valence electrons. The largest absolute Gasteiger partial charge is 0.373 e. The first-order valence-corrected chi connectivity index (χ1v) is 13.1. The number of rotatable bonds is 15. The van der Waals surface area contributed by atoms with Crippen molar-refractivity contribution in [2.24, 2.45) is 0 Å². The number of amides is 1. The molecule has 1 amide bonds. The third-order valence-corrected chi connectivity index (χ3v) is 6.40. The van der Waals surface area contributed by atoms with Crippen LogP contribution >= 0.6 is 0 Å². The summed E-state index contributed by atoms with van der Waals surface area (Å²) >= 11 is 0. The van der Waals surface area contributed by atoms with Crippen LogP contribution in [0.5, 0.6) is 0 Å². The maximum atomic E-state index is 12.0. The predicted molar refractivity (Wildman–Crippen MR) is 134 cm³/mol. The summed E-state index contributed by atoms with van der Waals surface area (Å²) in [5.74, 6) is -0.720.